The van der Waals surface area contributed by atoms with E-state index in [1.165, 1.54) is 41.5 Å². The fraction of sp³-hybridized carbons (Fsp3) is 0.444. The number of benzene rings is 2. The summed E-state index contributed by atoms with van der Waals surface area (Å²) in [4.78, 5) is 5.63. The molecule has 0 unspecified atom stereocenters. The molecule has 0 fully saturated rings. The minimum absolute atomic E-state index is 0.0611. The predicted molar refractivity (Wildman–Crippen MR) is 128 cm³/mol. The molecule has 0 spiro atoms. The van der Waals surface area contributed by atoms with Crippen LogP contribution in [0.2, 0.25) is 0 Å². The van der Waals surface area contributed by atoms with E-state index in [1.54, 1.807) is 0 Å². The van der Waals surface area contributed by atoms with Gasteiger partial charge in [-0.25, -0.2) is 0 Å². The van der Waals surface area contributed by atoms with Crippen LogP contribution in [0, 0.1) is 0 Å². The summed E-state index contributed by atoms with van der Waals surface area (Å²) in [5, 5.41) is 12.8. The lowest BCUT2D eigenvalue weighted by Gasteiger charge is -2.07. The summed E-state index contributed by atoms with van der Waals surface area (Å²) in [5.74, 6) is 1.79. The van der Waals surface area contributed by atoms with E-state index in [4.69, 9.17) is 9.25 Å². The molecule has 0 amide bonds. The molecule has 0 saturated heterocycles. The van der Waals surface area contributed by atoms with Gasteiger partial charge in [-0.1, -0.05) is 68.2 Å². The summed E-state index contributed by atoms with van der Waals surface area (Å²) < 4.78 is 5.69. The molecular formula is C27H33N3O2. The second kappa shape index (κ2) is 10.1. The summed E-state index contributed by atoms with van der Waals surface area (Å²) in [6, 6.07) is 15.2. The first kappa shape index (κ1) is 22.3. The number of hydrogen-bond acceptors (Lipinski definition) is 5. The zero-order valence-corrected chi connectivity index (χ0v) is 19.6. The zero-order chi connectivity index (χ0) is 22.5. The molecule has 1 heterocycles. The van der Waals surface area contributed by atoms with Crippen molar-refractivity contribution < 1.29 is 9.25 Å². The van der Waals surface area contributed by atoms with Gasteiger partial charge in [0.1, 0.15) is 11.8 Å². The number of aromatic nitrogens is 2. The minimum Gasteiger partial charge on any atom is -0.425 e. The molecule has 0 saturated carbocycles. The molecule has 0 bridgehead atoms. The first-order chi connectivity index (χ1) is 15.5. The number of oxime groups is 1. The van der Waals surface area contributed by atoms with E-state index in [1.807, 2.05) is 13.8 Å². The Kier molecular flexibility index (Phi) is 7.03. The lowest BCUT2D eigenvalue weighted by Crippen LogP contribution is -2.04. The molecule has 32 heavy (non-hydrogen) atoms. The molecule has 5 nitrogen and oxygen atoms in total. The molecule has 0 N–H and O–H groups in total. The number of aryl methyl sites for hydroxylation is 2. The normalized spacial score (nSPS) is 13.8. The van der Waals surface area contributed by atoms with Gasteiger partial charge in [0.2, 0.25) is 11.8 Å². The molecule has 0 radical (unpaired) electrons. The highest BCUT2D eigenvalue weighted by Crippen LogP contribution is 2.37. The Labute approximate surface area is 190 Å². The van der Waals surface area contributed by atoms with E-state index in [-0.39, 0.29) is 6.10 Å². The van der Waals surface area contributed by atoms with Gasteiger partial charge in [-0.05, 0) is 55.9 Å². The van der Waals surface area contributed by atoms with Crippen LogP contribution in [0.25, 0.3) is 11.1 Å². The largest absolute Gasteiger partial charge is 0.425 e. The Morgan fingerprint density at radius 1 is 0.812 bits per heavy atom. The Morgan fingerprint density at radius 3 is 2.25 bits per heavy atom. The molecule has 5 heteroatoms. The van der Waals surface area contributed by atoms with Crippen molar-refractivity contribution in [3.05, 3.63) is 70.9 Å². The van der Waals surface area contributed by atoms with Crippen molar-refractivity contribution >= 4 is 5.71 Å². The first-order valence-corrected chi connectivity index (χ1v) is 11.8. The quantitative estimate of drug-likeness (QED) is 0.207. The number of nitrogens with zero attached hydrogens (tertiary/aromatic N) is 3. The Balaban J connectivity index is 1.32. The van der Waals surface area contributed by atoms with Crippen LogP contribution < -0.4 is 0 Å². The highest BCUT2D eigenvalue weighted by atomic mass is 16.6. The number of fused-ring (bicyclic) bond motifs is 3. The van der Waals surface area contributed by atoms with E-state index in [0.717, 1.165) is 42.3 Å². The maximum atomic E-state index is 5.69. The third-order valence-corrected chi connectivity index (χ3v) is 5.75. The topological polar surface area (TPSA) is 60.5 Å². The summed E-state index contributed by atoms with van der Waals surface area (Å²) in [7, 11) is 0. The maximum Gasteiger partial charge on any atom is 0.219 e. The van der Waals surface area contributed by atoms with Crippen molar-refractivity contribution in [2.45, 2.75) is 78.2 Å². The van der Waals surface area contributed by atoms with Crippen LogP contribution in [0.15, 0.2) is 52.0 Å². The molecule has 0 aliphatic heterocycles. The molecular weight excluding hydrogens is 398 g/mol. The Bertz CT molecular complexity index is 1080. The van der Waals surface area contributed by atoms with Gasteiger partial charge in [0, 0.05) is 23.5 Å². The molecule has 168 valence electrons. The lowest BCUT2D eigenvalue weighted by atomic mass is 9.99. The van der Waals surface area contributed by atoms with Gasteiger partial charge in [0.05, 0.1) is 0 Å². The van der Waals surface area contributed by atoms with Crippen molar-refractivity contribution in [3.63, 3.8) is 0 Å². The average molecular weight is 432 g/mol. The second-order valence-corrected chi connectivity index (χ2v) is 9.12. The van der Waals surface area contributed by atoms with Crippen LogP contribution in [0.1, 0.15) is 87.8 Å². The summed E-state index contributed by atoms with van der Waals surface area (Å²) in [6.45, 7) is 8.15. The molecule has 1 aliphatic rings. The van der Waals surface area contributed by atoms with Crippen LogP contribution in [-0.4, -0.2) is 22.0 Å². The molecule has 1 aromatic heterocycles. The first-order valence-electron chi connectivity index (χ1n) is 11.8. The van der Waals surface area contributed by atoms with Crippen LogP contribution in [-0.2, 0) is 17.7 Å². The molecule has 4 rings (SSSR count). The smallest absolute Gasteiger partial charge is 0.219 e. The highest BCUT2D eigenvalue weighted by molar-refractivity contribution is 6.24. The van der Waals surface area contributed by atoms with Gasteiger partial charge in [-0.2, -0.15) is 0 Å². The standard InChI is InChI=1S/C27H33N3O2/c1-18(2)27-29-28-25(31-27)14-8-6-5-7-11-20-15-16-22-21-12-9-10-13-23(21)26(24(22)17-20)30-32-19(3)4/h9-10,12-13,15-19H,5-8,11,14H2,1-4H3/b30-26-. The van der Waals surface area contributed by atoms with Gasteiger partial charge in [0.25, 0.3) is 0 Å². The van der Waals surface area contributed by atoms with Crippen LogP contribution >= 0.6 is 0 Å². The highest BCUT2D eigenvalue weighted by Gasteiger charge is 2.25. The minimum atomic E-state index is 0.0611. The number of rotatable bonds is 10. The Morgan fingerprint density at radius 2 is 1.53 bits per heavy atom. The van der Waals surface area contributed by atoms with Crippen molar-refractivity contribution in [2.75, 3.05) is 0 Å². The molecule has 0 atom stereocenters. The van der Waals surface area contributed by atoms with E-state index in [2.05, 4.69) is 71.7 Å². The third-order valence-electron chi connectivity index (χ3n) is 5.75. The van der Waals surface area contributed by atoms with E-state index in [0.29, 0.717) is 5.92 Å². The molecule has 3 aromatic rings. The number of hydrogen-bond donors (Lipinski definition) is 0. The molecule has 1 aliphatic carbocycles. The van der Waals surface area contributed by atoms with Crippen molar-refractivity contribution in [2.24, 2.45) is 5.16 Å². The van der Waals surface area contributed by atoms with Gasteiger partial charge in [-0.15, -0.1) is 10.2 Å². The second-order valence-electron chi connectivity index (χ2n) is 9.12. The third kappa shape index (κ3) is 5.09. The van der Waals surface area contributed by atoms with Crippen molar-refractivity contribution in [3.8, 4) is 11.1 Å². The van der Waals surface area contributed by atoms with Crippen LogP contribution in [0.5, 0.6) is 0 Å². The van der Waals surface area contributed by atoms with Crippen molar-refractivity contribution in [1.29, 1.82) is 0 Å². The van der Waals surface area contributed by atoms with Gasteiger partial charge < -0.3 is 9.25 Å². The van der Waals surface area contributed by atoms with Gasteiger partial charge in [-0.3, -0.25) is 0 Å². The monoisotopic (exact) mass is 431 g/mol. The molecule has 2 aromatic carbocycles. The van der Waals surface area contributed by atoms with E-state index < -0.39 is 0 Å². The summed E-state index contributed by atoms with van der Waals surface area (Å²) in [5.41, 5.74) is 7.12. The van der Waals surface area contributed by atoms with Gasteiger partial charge in [0.15, 0.2) is 0 Å². The zero-order valence-electron chi connectivity index (χ0n) is 19.6. The predicted octanol–water partition coefficient (Wildman–Crippen LogP) is 6.70. The van der Waals surface area contributed by atoms with Crippen LogP contribution in [0.3, 0.4) is 0 Å². The maximum absolute atomic E-state index is 5.69. The fourth-order valence-electron chi connectivity index (χ4n) is 4.06. The average Bonchev–Trinajstić information content (AvgIpc) is 3.37. The van der Waals surface area contributed by atoms with Gasteiger partial charge >= 0.3 is 0 Å². The van der Waals surface area contributed by atoms with E-state index in [9.17, 15) is 0 Å². The lowest BCUT2D eigenvalue weighted by molar-refractivity contribution is 0.0863. The van der Waals surface area contributed by atoms with Crippen LogP contribution in [0.4, 0.5) is 0 Å². The Hall–Kier alpha value is -2.95. The van der Waals surface area contributed by atoms with Crippen molar-refractivity contribution in [1.82, 2.24) is 10.2 Å². The summed E-state index contributed by atoms with van der Waals surface area (Å²) >= 11 is 0. The fourth-order valence-corrected chi connectivity index (χ4v) is 4.06. The SMILES string of the molecule is CC(C)O/N=C1/c2ccccc2-c2ccc(CCCCCCc3nnc(C(C)C)o3)cc21. The number of unbranched alkanes of at least 4 members (excludes halogenated alkanes) is 3. The van der Waals surface area contributed by atoms with E-state index >= 15 is 0 Å². The summed E-state index contributed by atoms with van der Waals surface area (Å²) in [6.07, 6.45) is 6.62.